The Bertz CT molecular complexity index is 486. The maximum atomic E-state index is 5.98. The van der Waals surface area contributed by atoms with E-state index in [4.69, 9.17) is 10.5 Å². The molecule has 4 heteroatoms. The molecule has 0 amide bonds. The van der Waals surface area contributed by atoms with Crippen molar-refractivity contribution >= 4 is 5.96 Å². The topological polar surface area (TPSA) is 59.6 Å². The van der Waals surface area contributed by atoms with Crippen molar-refractivity contribution in [2.45, 2.75) is 25.8 Å². The number of hydrogen-bond acceptors (Lipinski definition) is 2. The molecule has 1 aliphatic carbocycles. The minimum Gasteiger partial charge on any atom is -0.493 e. The maximum absolute atomic E-state index is 5.98. The van der Waals surface area contributed by atoms with Crippen LogP contribution in [0.25, 0.3) is 0 Å². The molecule has 102 valence electrons. The Kier molecular flexibility index (Phi) is 3.32. The first kappa shape index (κ1) is 12.3. The lowest BCUT2D eigenvalue weighted by molar-refractivity contribution is 0.262. The summed E-state index contributed by atoms with van der Waals surface area (Å²) in [6.45, 7) is 3.84. The normalized spacial score (nSPS) is 29.3. The number of aliphatic imine (C=N–C) groups is 1. The highest BCUT2D eigenvalue weighted by molar-refractivity contribution is 5.78. The average molecular weight is 259 g/mol. The minimum absolute atomic E-state index is 0.213. The molecule has 19 heavy (non-hydrogen) atoms. The van der Waals surface area contributed by atoms with Crippen molar-refractivity contribution in [1.82, 2.24) is 5.32 Å². The lowest BCUT2D eigenvalue weighted by Gasteiger charge is -2.26. The minimum atomic E-state index is 0.213. The molecule has 1 heterocycles. The third-order valence-electron chi connectivity index (χ3n) is 4.05. The number of hydrogen-bond donors (Lipinski definition) is 2. The van der Waals surface area contributed by atoms with E-state index >= 15 is 0 Å². The van der Waals surface area contributed by atoms with Gasteiger partial charge >= 0.3 is 0 Å². The Morgan fingerprint density at radius 1 is 1.47 bits per heavy atom. The SMILES string of the molecule is CC1CC1CN=C(N)NC1CCOc2ccccc21. The molecule has 2 aliphatic rings. The molecule has 3 rings (SSSR count). The molecule has 0 saturated heterocycles. The van der Waals surface area contributed by atoms with Gasteiger partial charge < -0.3 is 15.8 Å². The van der Waals surface area contributed by atoms with Crippen LogP contribution in [0.2, 0.25) is 0 Å². The number of fused-ring (bicyclic) bond motifs is 1. The second-order valence-corrected chi connectivity index (χ2v) is 5.57. The van der Waals surface area contributed by atoms with Crippen molar-refractivity contribution < 1.29 is 4.74 Å². The summed E-state index contributed by atoms with van der Waals surface area (Å²) < 4.78 is 5.64. The summed E-state index contributed by atoms with van der Waals surface area (Å²) in [6, 6.07) is 8.32. The molecule has 0 radical (unpaired) electrons. The van der Waals surface area contributed by atoms with Crippen molar-refractivity contribution in [1.29, 1.82) is 0 Å². The quantitative estimate of drug-likeness (QED) is 0.645. The van der Waals surface area contributed by atoms with Crippen LogP contribution in [-0.4, -0.2) is 19.1 Å². The zero-order chi connectivity index (χ0) is 13.2. The maximum Gasteiger partial charge on any atom is 0.189 e. The smallest absolute Gasteiger partial charge is 0.189 e. The number of para-hydroxylation sites is 1. The van der Waals surface area contributed by atoms with Crippen LogP contribution in [0, 0.1) is 11.8 Å². The van der Waals surface area contributed by atoms with Crippen molar-refractivity contribution in [3.63, 3.8) is 0 Å². The Morgan fingerprint density at radius 2 is 2.26 bits per heavy atom. The zero-order valence-corrected chi connectivity index (χ0v) is 11.3. The fourth-order valence-electron chi connectivity index (χ4n) is 2.59. The van der Waals surface area contributed by atoms with Crippen LogP contribution in [0.3, 0.4) is 0 Å². The number of benzene rings is 1. The van der Waals surface area contributed by atoms with Gasteiger partial charge in [0, 0.05) is 18.5 Å². The molecule has 0 bridgehead atoms. The lowest BCUT2D eigenvalue weighted by atomic mass is 10.0. The molecule has 4 nitrogen and oxygen atoms in total. The van der Waals surface area contributed by atoms with Gasteiger partial charge in [-0.1, -0.05) is 25.1 Å². The van der Waals surface area contributed by atoms with Gasteiger partial charge in [0.15, 0.2) is 5.96 Å². The first-order valence-electron chi connectivity index (χ1n) is 7.02. The molecular weight excluding hydrogens is 238 g/mol. The van der Waals surface area contributed by atoms with Gasteiger partial charge in [-0.2, -0.15) is 0 Å². The first-order valence-corrected chi connectivity index (χ1v) is 7.02. The van der Waals surface area contributed by atoms with Crippen molar-refractivity contribution in [2.75, 3.05) is 13.2 Å². The van der Waals surface area contributed by atoms with Crippen molar-refractivity contribution in [3.8, 4) is 5.75 Å². The summed E-state index contributed by atoms with van der Waals surface area (Å²) in [5.41, 5.74) is 7.15. The summed E-state index contributed by atoms with van der Waals surface area (Å²) in [7, 11) is 0. The largest absolute Gasteiger partial charge is 0.493 e. The summed E-state index contributed by atoms with van der Waals surface area (Å²) in [5, 5.41) is 3.32. The van der Waals surface area contributed by atoms with Crippen LogP contribution in [0.5, 0.6) is 5.75 Å². The predicted molar refractivity (Wildman–Crippen MR) is 76.2 cm³/mol. The number of rotatable bonds is 3. The first-order chi connectivity index (χ1) is 9.24. The highest BCUT2D eigenvalue weighted by Gasteiger charge is 2.32. The summed E-state index contributed by atoms with van der Waals surface area (Å²) >= 11 is 0. The standard InChI is InChI=1S/C15H21N3O/c1-10-8-11(10)9-17-15(16)18-13-6-7-19-14-5-3-2-4-12(13)14/h2-5,10-11,13H,6-9H2,1H3,(H3,16,17,18). The highest BCUT2D eigenvalue weighted by atomic mass is 16.5. The second-order valence-electron chi connectivity index (χ2n) is 5.57. The molecule has 1 aromatic rings. The van der Waals surface area contributed by atoms with Gasteiger partial charge in [0.05, 0.1) is 12.6 Å². The van der Waals surface area contributed by atoms with Gasteiger partial charge in [-0.3, -0.25) is 4.99 Å². The Hall–Kier alpha value is -1.71. The predicted octanol–water partition coefficient (Wildman–Crippen LogP) is 2.07. The van der Waals surface area contributed by atoms with E-state index in [-0.39, 0.29) is 6.04 Å². The second kappa shape index (κ2) is 5.11. The Balaban J connectivity index is 1.63. The van der Waals surface area contributed by atoms with E-state index in [1.807, 2.05) is 18.2 Å². The lowest BCUT2D eigenvalue weighted by Crippen LogP contribution is -2.37. The van der Waals surface area contributed by atoms with E-state index in [0.29, 0.717) is 5.96 Å². The van der Waals surface area contributed by atoms with Gasteiger partial charge in [-0.05, 0) is 24.3 Å². The summed E-state index contributed by atoms with van der Waals surface area (Å²) in [5.74, 6) is 3.07. The number of ether oxygens (including phenoxy) is 1. The molecule has 1 aromatic carbocycles. The molecule has 0 spiro atoms. The van der Waals surface area contributed by atoms with Gasteiger partial charge in [0.1, 0.15) is 5.75 Å². The zero-order valence-electron chi connectivity index (χ0n) is 11.3. The van der Waals surface area contributed by atoms with Crippen LogP contribution >= 0.6 is 0 Å². The van der Waals surface area contributed by atoms with E-state index < -0.39 is 0 Å². The Labute approximate surface area is 114 Å². The van der Waals surface area contributed by atoms with Crippen LogP contribution < -0.4 is 15.8 Å². The molecule has 3 unspecified atom stereocenters. The van der Waals surface area contributed by atoms with E-state index in [2.05, 4.69) is 23.3 Å². The summed E-state index contributed by atoms with van der Waals surface area (Å²) in [4.78, 5) is 4.45. The fraction of sp³-hybridized carbons (Fsp3) is 0.533. The molecular formula is C15H21N3O. The third-order valence-corrected chi connectivity index (χ3v) is 4.05. The summed E-state index contributed by atoms with van der Waals surface area (Å²) in [6.07, 6.45) is 2.21. The van der Waals surface area contributed by atoms with E-state index in [9.17, 15) is 0 Å². The fourth-order valence-corrected chi connectivity index (χ4v) is 2.59. The average Bonchev–Trinajstić information content (AvgIpc) is 3.13. The van der Waals surface area contributed by atoms with Gasteiger partial charge in [-0.15, -0.1) is 0 Å². The van der Waals surface area contributed by atoms with E-state index in [0.717, 1.165) is 37.2 Å². The molecule has 3 N–H and O–H groups in total. The Morgan fingerprint density at radius 3 is 3.05 bits per heavy atom. The third kappa shape index (κ3) is 2.83. The van der Waals surface area contributed by atoms with Crippen molar-refractivity contribution in [2.24, 2.45) is 22.6 Å². The number of guanidine groups is 1. The van der Waals surface area contributed by atoms with Crippen LogP contribution in [0.4, 0.5) is 0 Å². The molecule has 1 aliphatic heterocycles. The molecule has 3 atom stereocenters. The number of nitrogens with one attached hydrogen (secondary N) is 1. The van der Waals surface area contributed by atoms with Crippen LogP contribution in [0.15, 0.2) is 29.3 Å². The molecule has 1 fully saturated rings. The number of nitrogens with zero attached hydrogens (tertiary/aromatic N) is 1. The van der Waals surface area contributed by atoms with Gasteiger partial charge in [0.2, 0.25) is 0 Å². The van der Waals surface area contributed by atoms with Gasteiger partial charge in [0.25, 0.3) is 0 Å². The van der Waals surface area contributed by atoms with Gasteiger partial charge in [-0.25, -0.2) is 0 Å². The van der Waals surface area contributed by atoms with Crippen LogP contribution in [0.1, 0.15) is 31.4 Å². The molecule has 1 saturated carbocycles. The van der Waals surface area contributed by atoms with Crippen LogP contribution in [-0.2, 0) is 0 Å². The van der Waals surface area contributed by atoms with Crippen molar-refractivity contribution in [3.05, 3.63) is 29.8 Å². The monoisotopic (exact) mass is 259 g/mol. The molecule has 0 aromatic heterocycles. The van der Waals surface area contributed by atoms with E-state index in [1.165, 1.54) is 12.0 Å². The highest BCUT2D eigenvalue weighted by Crippen LogP contribution is 2.37. The van der Waals surface area contributed by atoms with E-state index in [1.54, 1.807) is 0 Å². The number of nitrogens with two attached hydrogens (primary N) is 1.